The number of unbranched alkanes of at least 4 members (excludes halogenated alkanes) is 4. The van der Waals surface area contributed by atoms with Crippen LogP contribution in [0.2, 0.25) is 0 Å². The molecule has 0 bridgehead atoms. The zero-order valence-corrected chi connectivity index (χ0v) is 16.4. The number of amides is 1. The Kier molecular flexibility index (Phi) is 13.0. The second-order valence-corrected chi connectivity index (χ2v) is 7.48. The summed E-state index contributed by atoms with van der Waals surface area (Å²) in [7, 11) is 0. The number of aliphatic hydroxyl groups is 1. The van der Waals surface area contributed by atoms with Crippen molar-refractivity contribution in [2.45, 2.75) is 104 Å². The van der Waals surface area contributed by atoms with Gasteiger partial charge in [-0.2, -0.15) is 0 Å². The van der Waals surface area contributed by atoms with E-state index in [0.717, 1.165) is 32.3 Å². The van der Waals surface area contributed by atoms with E-state index in [1.165, 1.54) is 25.7 Å². The molecule has 0 aromatic carbocycles. The van der Waals surface area contributed by atoms with Gasteiger partial charge in [0.2, 0.25) is 0 Å². The van der Waals surface area contributed by atoms with Crippen LogP contribution in [-0.2, 0) is 9.47 Å². The van der Waals surface area contributed by atoms with E-state index in [1.807, 2.05) is 20.8 Å². The van der Waals surface area contributed by atoms with Crippen LogP contribution >= 0.6 is 0 Å². The molecule has 5 heteroatoms. The van der Waals surface area contributed by atoms with Crippen LogP contribution in [0.15, 0.2) is 0 Å². The molecule has 2 unspecified atom stereocenters. The molecule has 1 heterocycles. The maximum Gasteiger partial charge on any atom is 0.407 e. The summed E-state index contributed by atoms with van der Waals surface area (Å²) >= 11 is 0. The lowest BCUT2D eigenvalue weighted by Crippen LogP contribution is -2.36. The fourth-order valence-corrected chi connectivity index (χ4v) is 2.10. The quantitative estimate of drug-likeness (QED) is 0.454. The summed E-state index contributed by atoms with van der Waals surface area (Å²) in [5.74, 6) is 0. The van der Waals surface area contributed by atoms with Gasteiger partial charge in [0.25, 0.3) is 0 Å². The number of alkyl carbamates (subject to hydrolysis) is 1. The van der Waals surface area contributed by atoms with E-state index < -0.39 is 17.8 Å². The SMILES string of the molecule is CCCCCC(O)CNC(=O)OC(C)(C)C.CCCCCC1CO1. The molecular weight excluding hydrogens is 306 g/mol. The number of ether oxygens (including phenoxy) is 2. The van der Waals surface area contributed by atoms with Crippen LogP contribution in [0, 0.1) is 0 Å². The third kappa shape index (κ3) is 17.5. The van der Waals surface area contributed by atoms with Crippen LogP contribution in [0.1, 0.15) is 86.0 Å². The molecule has 0 radical (unpaired) electrons. The molecular formula is C19H39NO4. The summed E-state index contributed by atoms with van der Waals surface area (Å²) in [5.41, 5.74) is -0.489. The lowest BCUT2D eigenvalue weighted by Gasteiger charge is -2.20. The Morgan fingerprint density at radius 3 is 2.29 bits per heavy atom. The predicted molar refractivity (Wildman–Crippen MR) is 98.3 cm³/mol. The maximum absolute atomic E-state index is 11.2. The summed E-state index contributed by atoms with van der Waals surface area (Å²) in [6.45, 7) is 11.1. The van der Waals surface area contributed by atoms with Crippen LogP contribution in [0.3, 0.4) is 0 Å². The Labute approximate surface area is 148 Å². The second-order valence-electron chi connectivity index (χ2n) is 7.48. The zero-order valence-electron chi connectivity index (χ0n) is 16.4. The first kappa shape index (κ1) is 23.2. The second kappa shape index (κ2) is 13.5. The van der Waals surface area contributed by atoms with Crippen molar-refractivity contribution in [3.63, 3.8) is 0 Å². The van der Waals surface area contributed by atoms with E-state index in [0.29, 0.717) is 6.10 Å². The van der Waals surface area contributed by atoms with Gasteiger partial charge in [-0.15, -0.1) is 0 Å². The van der Waals surface area contributed by atoms with Crippen molar-refractivity contribution in [3.8, 4) is 0 Å². The number of hydrogen-bond acceptors (Lipinski definition) is 4. The Bertz CT molecular complexity index is 311. The topological polar surface area (TPSA) is 71.1 Å². The molecule has 0 aromatic rings. The highest BCUT2D eigenvalue weighted by atomic mass is 16.6. The van der Waals surface area contributed by atoms with Gasteiger partial charge in [-0.1, -0.05) is 52.4 Å². The van der Waals surface area contributed by atoms with Crippen molar-refractivity contribution < 1.29 is 19.4 Å². The van der Waals surface area contributed by atoms with Gasteiger partial charge in [0.1, 0.15) is 5.60 Å². The molecule has 1 aliphatic heterocycles. The number of carbonyl (C=O) groups is 1. The van der Waals surface area contributed by atoms with E-state index >= 15 is 0 Å². The minimum absolute atomic E-state index is 0.263. The van der Waals surface area contributed by atoms with Gasteiger partial charge in [0.05, 0.1) is 18.8 Å². The number of epoxide rings is 1. The molecule has 0 aromatic heterocycles. The molecule has 1 saturated heterocycles. The van der Waals surface area contributed by atoms with E-state index in [1.54, 1.807) is 0 Å². The molecule has 24 heavy (non-hydrogen) atoms. The van der Waals surface area contributed by atoms with Crippen LogP contribution < -0.4 is 5.32 Å². The monoisotopic (exact) mass is 345 g/mol. The van der Waals surface area contributed by atoms with Gasteiger partial charge < -0.3 is 19.9 Å². The van der Waals surface area contributed by atoms with Crippen molar-refractivity contribution in [1.29, 1.82) is 0 Å². The first-order valence-electron chi connectivity index (χ1n) is 9.55. The lowest BCUT2D eigenvalue weighted by molar-refractivity contribution is 0.0487. The molecule has 1 rings (SSSR count). The van der Waals surface area contributed by atoms with Gasteiger partial charge in [-0.3, -0.25) is 0 Å². The van der Waals surface area contributed by atoms with Crippen LogP contribution in [0.5, 0.6) is 0 Å². The largest absolute Gasteiger partial charge is 0.444 e. The van der Waals surface area contributed by atoms with E-state index in [9.17, 15) is 9.90 Å². The summed E-state index contributed by atoms with van der Waals surface area (Å²) in [6.07, 6.45) is 9.04. The molecule has 2 N–H and O–H groups in total. The van der Waals surface area contributed by atoms with E-state index in [4.69, 9.17) is 9.47 Å². The molecule has 0 saturated carbocycles. The third-order valence-corrected chi connectivity index (χ3v) is 3.55. The van der Waals surface area contributed by atoms with Crippen molar-refractivity contribution >= 4 is 6.09 Å². The van der Waals surface area contributed by atoms with Crippen LogP contribution in [0.4, 0.5) is 4.79 Å². The van der Waals surface area contributed by atoms with Crippen LogP contribution in [0.25, 0.3) is 0 Å². The lowest BCUT2D eigenvalue weighted by atomic mass is 10.1. The minimum Gasteiger partial charge on any atom is -0.444 e. The average molecular weight is 346 g/mol. The highest BCUT2D eigenvalue weighted by molar-refractivity contribution is 5.67. The van der Waals surface area contributed by atoms with Gasteiger partial charge in [0, 0.05) is 6.54 Å². The fraction of sp³-hybridized carbons (Fsp3) is 0.947. The molecule has 5 nitrogen and oxygen atoms in total. The predicted octanol–water partition coefficient (Wildman–Crippen LogP) is 4.42. The maximum atomic E-state index is 11.2. The molecule has 1 aliphatic rings. The van der Waals surface area contributed by atoms with E-state index in [-0.39, 0.29) is 6.54 Å². The first-order valence-corrected chi connectivity index (χ1v) is 9.55. The number of hydrogen-bond donors (Lipinski definition) is 2. The van der Waals surface area contributed by atoms with Gasteiger partial charge in [-0.05, 0) is 33.6 Å². The Balaban J connectivity index is 0.000000546. The smallest absolute Gasteiger partial charge is 0.407 e. The summed E-state index contributed by atoms with van der Waals surface area (Å²) < 4.78 is 10.1. The zero-order chi connectivity index (χ0) is 18.4. The highest BCUT2D eigenvalue weighted by Crippen LogP contribution is 2.16. The minimum atomic E-state index is -0.489. The summed E-state index contributed by atoms with van der Waals surface area (Å²) in [5, 5.41) is 12.1. The molecule has 2 atom stereocenters. The normalized spacial score (nSPS) is 17.5. The standard InChI is InChI=1S/C12H25NO3.C7H14O/c1-5-6-7-8-10(14)9-13-11(15)16-12(2,3)4;1-2-3-4-5-7-6-8-7/h10,14H,5-9H2,1-4H3,(H,13,15);7H,2-6H2,1H3. The summed E-state index contributed by atoms with van der Waals surface area (Å²) in [6, 6.07) is 0. The van der Waals surface area contributed by atoms with Crippen molar-refractivity contribution in [1.82, 2.24) is 5.32 Å². The van der Waals surface area contributed by atoms with Gasteiger partial charge >= 0.3 is 6.09 Å². The van der Waals surface area contributed by atoms with Crippen LogP contribution in [-0.4, -0.2) is 42.2 Å². The molecule has 0 spiro atoms. The van der Waals surface area contributed by atoms with Crippen molar-refractivity contribution in [2.75, 3.05) is 13.2 Å². The Morgan fingerprint density at radius 2 is 1.79 bits per heavy atom. The van der Waals surface area contributed by atoms with Gasteiger partial charge in [-0.25, -0.2) is 4.79 Å². The number of rotatable bonds is 10. The number of nitrogens with one attached hydrogen (secondary N) is 1. The molecule has 1 fully saturated rings. The van der Waals surface area contributed by atoms with Gasteiger partial charge in [0.15, 0.2) is 0 Å². The number of aliphatic hydroxyl groups excluding tert-OH is 1. The fourth-order valence-electron chi connectivity index (χ4n) is 2.10. The highest BCUT2D eigenvalue weighted by Gasteiger charge is 2.20. The Hall–Kier alpha value is -0.810. The molecule has 1 amide bonds. The van der Waals surface area contributed by atoms with Crippen molar-refractivity contribution in [2.24, 2.45) is 0 Å². The van der Waals surface area contributed by atoms with Crippen molar-refractivity contribution in [3.05, 3.63) is 0 Å². The average Bonchev–Trinajstić information content (AvgIpc) is 3.29. The Morgan fingerprint density at radius 1 is 1.21 bits per heavy atom. The van der Waals surface area contributed by atoms with E-state index in [2.05, 4.69) is 19.2 Å². The number of carbonyl (C=O) groups excluding carboxylic acids is 1. The summed E-state index contributed by atoms with van der Waals surface area (Å²) in [4.78, 5) is 11.2. The first-order chi connectivity index (χ1) is 11.3. The third-order valence-electron chi connectivity index (χ3n) is 3.55. The molecule has 0 aliphatic carbocycles. The molecule has 144 valence electrons.